The molecule has 0 saturated carbocycles. The zero-order valence-corrected chi connectivity index (χ0v) is 37.3. The van der Waals surface area contributed by atoms with Crippen LogP contribution in [0.1, 0.15) is 69.1 Å². The average molecular weight is 863 g/mol. The molecule has 0 bridgehead atoms. The van der Waals surface area contributed by atoms with Gasteiger partial charge in [0.25, 0.3) is 0 Å². The van der Waals surface area contributed by atoms with Gasteiger partial charge in [0.1, 0.15) is 0 Å². The third-order valence-electron chi connectivity index (χ3n) is 13.0. The Labute approximate surface area is 401 Å². The maximum absolute atomic E-state index is 10.8. The first-order valence-electron chi connectivity index (χ1n) is 28.3. The Kier molecular flexibility index (Phi) is 5.91. The minimum Gasteiger partial charge on any atom is -0.310 e. The van der Waals surface area contributed by atoms with Crippen molar-refractivity contribution in [1.29, 1.82) is 0 Å². The van der Waals surface area contributed by atoms with Crippen molar-refractivity contribution in [3.8, 4) is 0 Å². The zero-order valence-electron chi connectivity index (χ0n) is 49.3. The monoisotopic (exact) mass is 862 g/mol. The summed E-state index contributed by atoms with van der Waals surface area (Å²) in [5.74, 6) is 0. The second-order valence-electron chi connectivity index (χ2n) is 19.2. The Balaban J connectivity index is 1.35. The number of rotatable bonds is 6. The summed E-state index contributed by atoms with van der Waals surface area (Å²) in [5.41, 5.74) is 3.71. The van der Waals surface area contributed by atoms with Gasteiger partial charge in [0, 0.05) is 65.8 Å². The molecule has 0 unspecified atom stereocenters. The van der Waals surface area contributed by atoms with Gasteiger partial charge in [0.2, 0.25) is 0 Å². The van der Waals surface area contributed by atoms with Crippen LogP contribution in [0.2, 0.25) is 0 Å². The summed E-state index contributed by atoms with van der Waals surface area (Å²) in [6.45, 7) is 11.5. The van der Waals surface area contributed by atoms with Crippen LogP contribution >= 0.6 is 0 Å². The van der Waals surface area contributed by atoms with Crippen LogP contribution in [-0.2, 0) is 10.8 Å². The number of hydrogen-bond acceptors (Lipinski definition) is 2. The van der Waals surface area contributed by atoms with Gasteiger partial charge in [-0.2, -0.15) is 0 Å². The fourth-order valence-corrected chi connectivity index (χ4v) is 10.2. The van der Waals surface area contributed by atoms with E-state index < -0.39 is 10.8 Å². The molecule has 4 aromatic heterocycles. The van der Waals surface area contributed by atoms with Crippen LogP contribution in [0.5, 0.6) is 0 Å². The summed E-state index contributed by atoms with van der Waals surface area (Å²) in [4.78, 5) is 3.73. The molecule has 9 aromatic carbocycles. The summed E-state index contributed by atoms with van der Waals surface area (Å²) in [6, 6.07) is 34.7. The molecule has 0 amide bonds. The lowest BCUT2D eigenvalue weighted by atomic mass is 9.85. The van der Waals surface area contributed by atoms with Crippen LogP contribution in [-0.4, -0.2) is 8.80 Å². The maximum Gasteiger partial charge on any atom is 0.0653 e. The van der Waals surface area contributed by atoms with Crippen LogP contribution in [0, 0.1) is 0 Å². The highest BCUT2D eigenvalue weighted by molar-refractivity contribution is 6.32. The van der Waals surface area contributed by atoms with Crippen molar-refractivity contribution in [2.45, 2.75) is 52.4 Å². The fraction of sp³-hybridized carbons (Fsp3) is 0.129. The number of anilines is 6. The molecule has 318 valence electrons. The second kappa shape index (κ2) is 13.8. The lowest BCUT2D eigenvalue weighted by Gasteiger charge is -2.26. The van der Waals surface area contributed by atoms with E-state index in [0.29, 0.717) is 66.7 Å². The van der Waals surface area contributed by atoms with Gasteiger partial charge in [-0.1, -0.05) is 163 Å². The molecule has 0 radical (unpaired) electrons. The number of fused-ring (bicyclic) bond motifs is 12. The molecule has 0 aliphatic rings. The fourth-order valence-electron chi connectivity index (χ4n) is 10.2. The van der Waals surface area contributed by atoms with Gasteiger partial charge >= 0.3 is 0 Å². The molecule has 13 aromatic rings. The lowest BCUT2D eigenvalue weighted by molar-refractivity contribution is 0.594. The molecule has 4 heteroatoms. The number of aromatic nitrogens is 2. The van der Waals surface area contributed by atoms with Crippen LogP contribution in [0.4, 0.5) is 34.1 Å². The number of hydrogen-bond donors (Lipinski definition) is 0. The molecule has 0 aliphatic heterocycles. The summed E-state index contributed by atoms with van der Waals surface area (Å²) >= 11 is 0. The molecule has 13 rings (SSSR count). The molecular formula is C62H50N4. The second-order valence-corrected chi connectivity index (χ2v) is 19.2. The molecule has 66 heavy (non-hydrogen) atoms. The van der Waals surface area contributed by atoms with E-state index in [0.717, 1.165) is 0 Å². The minimum absolute atomic E-state index is 0.131. The highest BCUT2D eigenvalue weighted by Gasteiger charge is 2.31. The normalized spacial score (nSPS) is 15.2. The lowest BCUT2D eigenvalue weighted by Crippen LogP contribution is -2.12. The van der Waals surface area contributed by atoms with E-state index in [2.05, 4.69) is 0 Å². The van der Waals surface area contributed by atoms with Crippen LogP contribution < -0.4 is 9.80 Å². The number of nitrogens with zero attached hydrogens (tertiary/aromatic N) is 4. The van der Waals surface area contributed by atoms with Crippen LogP contribution in [0.25, 0.3) is 76.2 Å². The van der Waals surface area contributed by atoms with Crippen molar-refractivity contribution in [1.82, 2.24) is 8.80 Å². The van der Waals surface area contributed by atoms with Gasteiger partial charge < -0.3 is 18.6 Å². The molecule has 0 fully saturated rings. The predicted octanol–water partition coefficient (Wildman–Crippen LogP) is 17.5. The van der Waals surface area contributed by atoms with E-state index >= 15 is 0 Å². The third kappa shape index (κ3) is 5.39. The molecule has 0 atom stereocenters. The molecule has 0 saturated heterocycles. The SMILES string of the molecule is [2H]c1c([2H])c(C(C)(C)C)c2c(c1[2H])c1c(N(c3ccccc3)c3ccccc3)c([2H])c([2H])c3c4c([2H])c5c(c([2H])c4n2c31)c1c([2H])c([2H])c(N(c2ccccc2)c2ccccc2)c2c3c([2H])c([2H])c([2H])c(C(C)(C)C)c3n5c12. The van der Waals surface area contributed by atoms with Crippen molar-refractivity contribution in [3.63, 3.8) is 0 Å². The highest BCUT2D eigenvalue weighted by Crippen LogP contribution is 2.52. The smallest absolute Gasteiger partial charge is 0.0653 e. The Morgan fingerprint density at radius 3 is 1.02 bits per heavy atom. The van der Waals surface area contributed by atoms with E-state index in [4.69, 9.17) is 0 Å². The summed E-state index contributed by atoms with van der Waals surface area (Å²) < 4.78 is 124. The van der Waals surface area contributed by atoms with Crippen molar-refractivity contribution in [2.75, 3.05) is 9.80 Å². The van der Waals surface area contributed by atoms with E-state index in [1.807, 2.05) is 173 Å². The topological polar surface area (TPSA) is 15.3 Å². The molecule has 0 spiro atoms. The summed E-state index contributed by atoms with van der Waals surface area (Å²) in [6.07, 6.45) is 0. The molecule has 4 nitrogen and oxygen atoms in total. The zero-order chi connectivity index (χ0) is 55.1. The third-order valence-corrected chi connectivity index (χ3v) is 13.0. The average Bonchev–Trinajstić information content (AvgIpc) is 3.28. The van der Waals surface area contributed by atoms with E-state index in [1.165, 1.54) is 0 Å². The van der Waals surface area contributed by atoms with Crippen LogP contribution in [0.15, 0.2) is 194 Å². The first-order valence-corrected chi connectivity index (χ1v) is 22.3. The highest BCUT2D eigenvalue weighted by atomic mass is 15.2. The quantitative estimate of drug-likeness (QED) is 0.165. The summed E-state index contributed by atoms with van der Waals surface area (Å²) in [5, 5.41) is 1.72. The molecule has 0 N–H and O–H groups in total. The maximum atomic E-state index is 10.8. The number of para-hydroxylation sites is 6. The standard InChI is InChI=1S/C62H50N4/c1-61(2,3)49-31-19-29-45-55-51(63(39-21-11-7-12-22-39)40-23-13-8-14-24-40)35-33-43-47-38-54-48(37-53(47)65(57(45)49)59(43)55)44-34-36-52(64(41-25-15-9-16-26-41)42-27-17-10-18-28-42)56-46-30-20-32-50(62(4,5)6)58(46)66(54)60(44)56/h7-38H,1-6H3/i19D,20D,29D,30D,31D,32D,33D,34D,35D,36D,37D,38D. The van der Waals surface area contributed by atoms with Gasteiger partial charge in [0.05, 0.1) is 60.9 Å². The van der Waals surface area contributed by atoms with Crippen LogP contribution in [0.3, 0.4) is 0 Å². The first kappa shape index (κ1) is 28.2. The van der Waals surface area contributed by atoms with Gasteiger partial charge in [-0.05, 0) is 94.7 Å². The van der Waals surface area contributed by atoms with Gasteiger partial charge in [-0.3, -0.25) is 0 Å². The molecule has 4 heterocycles. The Morgan fingerprint density at radius 2 is 0.697 bits per heavy atom. The van der Waals surface area contributed by atoms with Crippen molar-refractivity contribution < 1.29 is 16.4 Å². The summed E-state index contributed by atoms with van der Waals surface area (Å²) in [7, 11) is 0. The minimum atomic E-state index is -0.857. The van der Waals surface area contributed by atoms with Crippen molar-refractivity contribution in [3.05, 3.63) is 205 Å². The first-order chi connectivity index (χ1) is 37.1. The largest absolute Gasteiger partial charge is 0.310 e. The molecular weight excluding hydrogens is 801 g/mol. The van der Waals surface area contributed by atoms with Gasteiger partial charge in [0.15, 0.2) is 0 Å². The Morgan fingerprint density at radius 1 is 0.364 bits per heavy atom. The Bertz CT molecular complexity index is 4320. The van der Waals surface area contributed by atoms with Gasteiger partial charge in [-0.25, -0.2) is 0 Å². The van der Waals surface area contributed by atoms with E-state index in [-0.39, 0.29) is 127 Å². The van der Waals surface area contributed by atoms with E-state index in [1.54, 1.807) is 8.80 Å². The Hall–Kier alpha value is -7.82. The predicted molar refractivity (Wildman–Crippen MR) is 283 cm³/mol. The van der Waals surface area contributed by atoms with Crippen molar-refractivity contribution >= 4 is 110 Å². The molecule has 0 aliphatic carbocycles. The number of benzene rings is 9. The van der Waals surface area contributed by atoms with E-state index in [9.17, 15) is 16.4 Å². The van der Waals surface area contributed by atoms with Crippen molar-refractivity contribution in [2.24, 2.45) is 0 Å². The van der Waals surface area contributed by atoms with Gasteiger partial charge in [-0.15, -0.1) is 0 Å².